The minimum atomic E-state index is 0.0498. The van der Waals surface area contributed by atoms with Crippen LogP contribution in [0.2, 0.25) is 0 Å². The Morgan fingerprint density at radius 3 is 2.43 bits per heavy atom. The fraction of sp³-hybridized carbons (Fsp3) is 0.583. The zero-order valence-corrected chi connectivity index (χ0v) is 9.36. The molecule has 0 aromatic carbocycles. The van der Waals surface area contributed by atoms with E-state index in [2.05, 4.69) is 0 Å². The highest BCUT2D eigenvalue weighted by atomic mass is 16.5. The summed E-state index contributed by atoms with van der Waals surface area (Å²) >= 11 is 0. The largest absolute Gasteiger partial charge is 0.495 e. The Labute approximate surface area is 86.6 Å². The van der Waals surface area contributed by atoms with Crippen LogP contribution in [0.25, 0.3) is 0 Å². The molecule has 1 rings (SSSR count). The summed E-state index contributed by atoms with van der Waals surface area (Å²) in [6, 6.07) is 0. The molecule has 0 saturated heterocycles. The van der Waals surface area contributed by atoms with E-state index in [1.807, 2.05) is 52.3 Å². The van der Waals surface area contributed by atoms with E-state index in [0.29, 0.717) is 0 Å². The Kier molecular flexibility index (Phi) is 4.21. The normalized spacial score (nSPS) is 21.6. The number of rotatable bonds is 4. The van der Waals surface area contributed by atoms with Gasteiger partial charge in [0.2, 0.25) is 0 Å². The van der Waals surface area contributed by atoms with E-state index in [0.717, 1.165) is 5.76 Å². The number of allylic oxidation sites excluding steroid dienone is 2. The van der Waals surface area contributed by atoms with Crippen molar-refractivity contribution in [2.45, 2.75) is 46.0 Å². The molecule has 0 aliphatic heterocycles. The van der Waals surface area contributed by atoms with Crippen molar-refractivity contribution in [3.8, 4) is 0 Å². The van der Waals surface area contributed by atoms with E-state index in [-0.39, 0.29) is 18.3 Å². The van der Waals surface area contributed by atoms with Crippen molar-refractivity contribution in [1.82, 2.24) is 0 Å². The van der Waals surface area contributed by atoms with Crippen LogP contribution < -0.4 is 0 Å². The van der Waals surface area contributed by atoms with E-state index < -0.39 is 0 Å². The lowest BCUT2D eigenvalue weighted by Crippen LogP contribution is -2.20. The second-order valence-corrected chi connectivity index (χ2v) is 3.94. The highest BCUT2D eigenvalue weighted by molar-refractivity contribution is 5.25. The maximum Gasteiger partial charge on any atom is 0.103 e. The van der Waals surface area contributed by atoms with Crippen LogP contribution in [0.4, 0.5) is 0 Å². The van der Waals surface area contributed by atoms with Crippen molar-refractivity contribution in [3.63, 3.8) is 0 Å². The SMILES string of the molecule is CC(C)OC1=CC=CC(OC(C)C)[CH]1. The minimum absolute atomic E-state index is 0.0498. The third kappa shape index (κ3) is 3.97. The summed E-state index contributed by atoms with van der Waals surface area (Å²) in [5, 5.41) is 0. The van der Waals surface area contributed by atoms with Crippen molar-refractivity contribution in [2.75, 3.05) is 0 Å². The molecule has 0 amide bonds. The minimum Gasteiger partial charge on any atom is -0.495 e. The highest BCUT2D eigenvalue weighted by Crippen LogP contribution is 2.17. The van der Waals surface area contributed by atoms with Crippen molar-refractivity contribution < 1.29 is 9.47 Å². The molecule has 79 valence electrons. The first kappa shape index (κ1) is 11.3. The number of hydrogen-bond donors (Lipinski definition) is 0. The second kappa shape index (κ2) is 5.20. The predicted octanol–water partition coefficient (Wildman–Crippen LogP) is 2.86. The summed E-state index contributed by atoms with van der Waals surface area (Å²) < 4.78 is 11.2. The molecule has 1 aliphatic carbocycles. The van der Waals surface area contributed by atoms with Gasteiger partial charge in [0.25, 0.3) is 0 Å². The maximum absolute atomic E-state index is 5.64. The van der Waals surface area contributed by atoms with E-state index in [1.54, 1.807) is 0 Å². The van der Waals surface area contributed by atoms with Gasteiger partial charge in [-0.1, -0.05) is 12.2 Å². The van der Waals surface area contributed by atoms with Gasteiger partial charge >= 0.3 is 0 Å². The van der Waals surface area contributed by atoms with E-state index in [1.165, 1.54) is 0 Å². The smallest absolute Gasteiger partial charge is 0.103 e. The average Bonchev–Trinajstić information content (AvgIpc) is 2.01. The molecule has 0 saturated carbocycles. The monoisotopic (exact) mass is 195 g/mol. The third-order valence-corrected chi connectivity index (χ3v) is 1.69. The van der Waals surface area contributed by atoms with Gasteiger partial charge in [0, 0.05) is 0 Å². The second-order valence-electron chi connectivity index (χ2n) is 3.94. The topological polar surface area (TPSA) is 18.5 Å². The summed E-state index contributed by atoms with van der Waals surface area (Å²) in [6.45, 7) is 8.10. The molecule has 1 aliphatic rings. The fourth-order valence-electron chi connectivity index (χ4n) is 1.28. The summed E-state index contributed by atoms with van der Waals surface area (Å²) in [5.41, 5.74) is 0. The molecule has 1 radical (unpaired) electrons. The molecule has 0 aromatic rings. The summed E-state index contributed by atoms with van der Waals surface area (Å²) in [4.78, 5) is 0. The van der Waals surface area contributed by atoms with Crippen LogP contribution in [0.3, 0.4) is 0 Å². The maximum atomic E-state index is 5.64. The van der Waals surface area contributed by atoms with Crippen molar-refractivity contribution in [2.24, 2.45) is 0 Å². The molecule has 1 atom stereocenters. The van der Waals surface area contributed by atoms with Crippen LogP contribution in [0.5, 0.6) is 0 Å². The fourth-order valence-corrected chi connectivity index (χ4v) is 1.28. The van der Waals surface area contributed by atoms with Crippen LogP contribution in [0.1, 0.15) is 27.7 Å². The predicted molar refractivity (Wildman–Crippen MR) is 57.8 cm³/mol. The van der Waals surface area contributed by atoms with Gasteiger partial charge in [0.05, 0.1) is 24.7 Å². The average molecular weight is 195 g/mol. The molecule has 0 spiro atoms. The Morgan fingerprint density at radius 1 is 1.14 bits per heavy atom. The quantitative estimate of drug-likeness (QED) is 0.686. The lowest BCUT2D eigenvalue weighted by atomic mass is 10.1. The summed E-state index contributed by atoms with van der Waals surface area (Å²) in [6.07, 6.45) is 8.45. The Bertz CT molecular complexity index is 226. The van der Waals surface area contributed by atoms with Crippen LogP contribution in [-0.4, -0.2) is 18.3 Å². The summed E-state index contributed by atoms with van der Waals surface area (Å²) in [7, 11) is 0. The number of ether oxygens (including phenoxy) is 2. The zero-order valence-electron chi connectivity index (χ0n) is 9.36. The van der Waals surface area contributed by atoms with Gasteiger partial charge in [0.1, 0.15) is 5.76 Å². The molecule has 2 heteroatoms. The van der Waals surface area contributed by atoms with Crippen molar-refractivity contribution >= 4 is 0 Å². The molecule has 0 bridgehead atoms. The van der Waals surface area contributed by atoms with Gasteiger partial charge in [-0.15, -0.1) is 0 Å². The van der Waals surface area contributed by atoms with Crippen LogP contribution in [0.15, 0.2) is 24.0 Å². The molecule has 2 nitrogen and oxygen atoms in total. The molecule has 14 heavy (non-hydrogen) atoms. The Hall–Kier alpha value is -0.760. The highest BCUT2D eigenvalue weighted by Gasteiger charge is 2.15. The third-order valence-electron chi connectivity index (χ3n) is 1.69. The van der Waals surface area contributed by atoms with Gasteiger partial charge in [-0.05, 0) is 33.8 Å². The van der Waals surface area contributed by atoms with Gasteiger partial charge in [0.15, 0.2) is 0 Å². The van der Waals surface area contributed by atoms with Gasteiger partial charge in [-0.25, -0.2) is 0 Å². The van der Waals surface area contributed by atoms with Gasteiger partial charge in [-0.2, -0.15) is 0 Å². The molecule has 0 heterocycles. The first-order valence-electron chi connectivity index (χ1n) is 5.13. The molecular formula is C12H19O2. The van der Waals surface area contributed by atoms with Crippen LogP contribution in [0, 0.1) is 6.42 Å². The lowest BCUT2D eigenvalue weighted by Gasteiger charge is -2.22. The molecular weight excluding hydrogens is 176 g/mol. The zero-order chi connectivity index (χ0) is 10.6. The Morgan fingerprint density at radius 2 is 1.86 bits per heavy atom. The van der Waals surface area contributed by atoms with Crippen LogP contribution in [-0.2, 0) is 9.47 Å². The first-order chi connectivity index (χ1) is 6.58. The molecule has 1 unspecified atom stereocenters. The van der Waals surface area contributed by atoms with Crippen molar-refractivity contribution in [3.05, 3.63) is 30.4 Å². The van der Waals surface area contributed by atoms with Gasteiger partial charge in [-0.3, -0.25) is 0 Å². The number of hydrogen-bond acceptors (Lipinski definition) is 2. The summed E-state index contributed by atoms with van der Waals surface area (Å²) in [5.74, 6) is 0.896. The van der Waals surface area contributed by atoms with E-state index >= 15 is 0 Å². The standard InChI is InChI=1S/C12H19O2/c1-9(2)13-11-6-5-7-12(8-11)14-10(3)4/h5-11H,1-4H3. The van der Waals surface area contributed by atoms with Gasteiger partial charge < -0.3 is 9.47 Å². The first-order valence-corrected chi connectivity index (χ1v) is 5.13. The lowest BCUT2D eigenvalue weighted by molar-refractivity contribution is 0.0448. The molecule has 0 N–H and O–H groups in total. The van der Waals surface area contributed by atoms with E-state index in [4.69, 9.17) is 9.47 Å². The van der Waals surface area contributed by atoms with E-state index in [9.17, 15) is 0 Å². The Balaban J connectivity index is 2.43. The van der Waals surface area contributed by atoms with Crippen molar-refractivity contribution in [1.29, 1.82) is 0 Å². The van der Waals surface area contributed by atoms with Crippen LogP contribution >= 0.6 is 0 Å². The molecule has 0 fully saturated rings. The molecule has 0 aromatic heterocycles.